The Hall–Kier alpha value is -0.610. The van der Waals surface area contributed by atoms with E-state index in [0.29, 0.717) is 0 Å². The molecule has 0 bridgehead atoms. The third-order valence-electron chi connectivity index (χ3n) is 2.86. The molecule has 1 aliphatic heterocycles. The molecule has 2 N–H and O–H groups in total. The molecule has 1 saturated heterocycles. The van der Waals surface area contributed by atoms with Gasteiger partial charge in [-0.1, -0.05) is 15.9 Å². The second-order valence-corrected chi connectivity index (χ2v) is 4.67. The highest BCUT2D eigenvalue weighted by Crippen LogP contribution is 2.38. The third-order valence-corrected chi connectivity index (χ3v) is 3.55. The van der Waals surface area contributed by atoms with E-state index in [4.69, 9.17) is 0 Å². The number of benzene rings is 1. The van der Waals surface area contributed by atoms with Gasteiger partial charge in [0.05, 0.1) is 0 Å². The Morgan fingerprint density at radius 2 is 2.00 bits per heavy atom. The van der Waals surface area contributed by atoms with Gasteiger partial charge >= 0.3 is 0 Å². The zero-order chi connectivity index (χ0) is 10.8. The summed E-state index contributed by atoms with van der Waals surface area (Å²) in [6.07, 6.45) is 1.88. The van der Waals surface area contributed by atoms with E-state index >= 15 is 0 Å². The van der Waals surface area contributed by atoms with E-state index in [1.165, 1.54) is 6.07 Å². The molecule has 0 saturated carbocycles. The van der Waals surface area contributed by atoms with E-state index in [2.05, 4.69) is 21.2 Å². The van der Waals surface area contributed by atoms with Crippen molar-refractivity contribution in [3.05, 3.63) is 28.0 Å². The molecule has 1 aliphatic rings. The number of aromatic hydroxyl groups is 1. The molecule has 2 rings (SSSR count). The Morgan fingerprint density at radius 3 is 2.67 bits per heavy atom. The van der Waals surface area contributed by atoms with Gasteiger partial charge in [0.1, 0.15) is 0 Å². The Bertz CT molecular complexity index is 364. The van der Waals surface area contributed by atoms with Crippen LogP contribution < -0.4 is 5.32 Å². The molecule has 0 unspecified atom stereocenters. The Labute approximate surface area is 96.6 Å². The fraction of sp³-hybridized carbons (Fsp3) is 0.455. The maximum atomic E-state index is 13.2. The predicted molar refractivity (Wildman–Crippen MR) is 60.6 cm³/mol. The van der Waals surface area contributed by atoms with Crippen molar-refractivity contribution in [1.82, 2.24) is 5.32 Å². The third kappa shape index (κ3) is 2.16. The second kappa shape index (κ2) is 4.49. The van der Waals surface area contributed by atoms with Gasteiger partial charge in [0.15, 0.2) is 11.6 Å². The van der Waals surface area contributed by atoms with Gasteiger partial charge in [0, 0.05) is 10.0 Å². The van der Waals surface area contributed by atoms with Gasteiger partial charge in [-0.25, -0.2) is 4.39 Å². The van der Waals surface area contributed by atoms with Crippen molar-refractivity contribution >= 4 is 15.9 Å². The molecule has 0 aliphatic carbocycles. The average Bonchev–Trinajstić information content (AvgIpc) is 2.26. The van der Waals surface area contributed by atoms with Crippen molar-refractivity contribution in [2.45, 2.75) is 18.8 Å². The molecule has 4 heteroatoms. The summed E-state index contributed by atoms with van der Waals surface area (Å²) in [6.45, 7) is 1.85. The number of phenolic OH excluding ortho intramolecular Hbond substituents is 1. The molecule has 0 amide bonds. The van der Waals surface area contributed by atoms with Crippen LogP contribution in [0.2, 0.25) is 0 Å². The normalized spacial score (nSPS) is 18.0. The zero-order valence-corrected chi connectivity index (χ0v) is 9.85. The number of nitrogens with one attached hydrogen (secondary N) is 1. The van der Waals surface area contributed by atoms with Gasteiger partial charge in [-0.05, 0) is 44.0 Å². The predicted octanol–water partition coefficient (Wildman–Crippen LogP) is 2.76. The second-order valence-electron chi connectivity index (χ2n) is 3.82. The Morgan fingerprint density at radius 1 is 1.33 bits per heavy atom. The molecular weight excluding hydrogens is 261 g/mol. The highest BCUT2D eigenvalue weighted by Gasteiger charge is 2.22. The molecule has 0 spiro atoms. The highest BCUT2D eigenvalue weighted by molar-refractivity contribution is 9.10. The van der Waals surface area contributed by atoms with Crippen LogP contribution in [-0.2, 0) is 0 Å². The summed E-state index contributed by atoms with van der Waals surface area (Å²) in [5, 5.41) is 13.0. The van der Waals surface area contributed by atoms with Crippen LogP contribution in [0.3, 0.4) is 0 Å². The van der Waals surface area contributed by atoms with E-state index in [1.807, 2.05) is 0 Å². The molecule has 0 radical (unpaired) electrons. The Balaban J connectivity index is 2.36. The van der Waals surface area contributed by atoms with Gasteiger partial charge in [-0.15, -0.1) is 0 Å². The maximum Gasteiger partial charge on any atom is 0.165 e. The summed E-state index contributed by atoms with van der Waals surface area (Å²) in [4.78, 5) is 0. The van der Waals surface area contributed by atoms with Gasteiger partial charge in [0.2, 0.25) is 0 Å². The molecule has 82 valence electrons. The SMILES string of the molecule is Oc1c(F)ccc(Br)c1C1CCNCC1. The molecule has 2 nitrogen and oxygen atoms in total. The van der Waals surface area contributed by atoms with Crippen LogP contribution in [0, 0.1) is 5.82 Å². The van der Waals surface area contributed by atoms with Crippen molar-refractivity contribution in [3.63, 3.8) is 0 Å². The first-order valence-corrected chi connectivity index (χ1v) is 5.87. The molecule has 1 fully saturated rings. The number of piperidine rings is 1. The van der Waals surface area contributed by atoms with E-state index in [0.717, 1.165) is 36.0 Å². The summed E-state index contributed by atoms with van der Waals surface area (Å²) < 4.78 is 14.0. The van der Waals surface area contributed by atoms with Gasteiger partial charge < -0.3 is 10.4 Å². The molecule has 0 atom stereocenters. The van der Waals surface area contributed by atoms with Crippen LogP contribution in [0.5, 0.6) is 5.75 Å². The minimum atomic E-state index is -0.535. The number of rotatable bonds is 1. The first-order valence-electron chi connectivity index (χ1n) is 5.07. The number of hydrogen-bond donors (Lipinski definition) is 2. The summed E-state index contributed by atoms with van der Waals surface area (Å²) >= 11 is 3.37. The van der Waals surface area contributed by atoms with Crippen LogP contribution in [0.15, 0.2) is 16.6 Å². The smallest absolute Gasteiger partial charge is 0.165 e. The van der Waals surface area contributed by atoms with E-state index in [9.17, 15) is 9.50 Å². The molecule has 1 aromatic rings. The van der Waals surface area contributed by atoms with Crippen LogP contribution in [0.1, 0.15) is 24.3 Å². The summed E-state index contributed by atoms with van der Waals surface area (Å²) in [6, 6.07) is 2.94. The first kappa shape index (κ1) is 10.9. The highest BCUT2D eigenvalue weighted by atomic mass is 79.9. The summed E-state index contributed by atoms with van der Waals surface area (Å²) in [5.74, 6) is -0.487. The van der Waals surface area contributed by atoms with Gasteiger partial charge in [-0.3, -0.25) is 0 Å². The summed E-state index contributed by atoms with van der Waals surface area (Å²) in [5.41, 5.74) is 0.719. The summed E-state index contributed by atoms with van der Waals surface area (Å²) in [7, 11) is 0. The van der Waals surface area contributed by atoms with E-state index in [-0.39, 0.29) is 11.7 Å². The lowest BCUT2D eigenvalue weighted by atomic mass is 9.89. The Kier molecular flexibility index (Phi) is 3.26. The minimum absolute atomic E-state index is 0.198. The van der Waals surface area contributed by atoms with Crippen molar-refractivity contribution < 1.29 is 9.50 Å². The van der Waals surface area contributed by atoms with Crippen LogP contribution in [-0.4, -0.2) is 18.2 Å². The minimum Gasteiger partial charge on any atom is -0.505 e. The van der Waals surface area contributed by atoms with Crippen molar-refractivity contribution in [2.75, 3.05) is 13.1 Å². The standard InChI is InChI=1S/C11H13BrFNO/c12-8-1-2-9(13)11(15)10(8)7-3-5-14-6-4-7/h1-2,7,14-15H,3-6H2. The number of hydrogen-bond acceptors (Lipinski definition) is 2. The first-order chi connectivity index (χ1) is 7.20. The van der Waals surface area contributed by atoms with Crippen molar-refractivity contribution in [3.8, 4) is 5.75 Å². The lowest BCUT2D eigenvalue weighted by Gasteiger charge is -2.24. The van der Waals surface area contributed by atoms with Crippen LogP contribution in [0.4, 0.5) is 4.39 Å². The lowest BCUT2D eigenvalue weighted by Crippen LogP contribution is -2.26. The fourth-order valence-electron chi connectivity index (χ4n) is 2.06. The number of phenols is 1. The lowest BCUT2D eigenvalue weighted by molar-refractivity contribution is 0.399. The zero-order valence-electron chi connectivity index (χ0n) is 8.26. The van der Waals surface area contributed by atoms with Crippen LogP contribution >= 0.6 is 15.9 Å². The molecule has 0 aromatic heterocycles. The van der Waals surface area contributed by atoms with Gasteiger partial charge in [-0.2, -0.15) is 0 Å². The topological polar surface area (TPSA) is 32.3 Å². The monoisotopic (exact) mass is 273 g/mol. The molecule has 15 heavy (non-hydrogen) atoms. The van der Waals surface area contributed by atoms with E-state index < -0.39 is 5.82 Å². The number of halogens is 2. The quantitative estimate of drug-likeness (QED) is 0.825. The molecular formula is C11H13BrFNO. The van der Waals surface area contributed by atoms with Crippen molar-refractivity contribution in [1.29, 1.82) is 0 Å². The maximum absolute atomic E-state index is 13.2. The van der Waals surface area contributed by atoms with E-state index in [1.54, 1.807) is 6.07 Å². The largest absolute Gasteiger partial charge is 0.505 e. The van der Waals surface area contributed by atoms with Crippen molar-refractivity contribution in [2.24, 2.45) is 0 Å². The average molecular weight is 274 g/mol. The fourth-order valence-corrected chi connectivity index (χ4v) is 2.70. The molecule has 1 aromatic carbocycles. The van der Waals surface area contributed by atoms with Gasteiger partial charge in [0.25, 0.3) is 0 Å². The molecule has 1 heterocycles. The van der Waals surface area contributed by atoms with Crippen LogP contribution in [0.25, 0.3) is 0 Å².